The van der Waals surface area contributed by atoms with Crippen molar-refractivity contribution >= 4 is 12.1 Å². The van der Waals surface area contributed by atoms with Crippen LogP contribution in [0.3, 0.4) is 0 Å². The highest BCUT2D eigenvalue weighted by atomic mass is 16.6. The fourth-order valence-corrected chi connectivity index (χ4v) is 4.51. The number of amides is 1. The summed E-state index contributed by atoms with van der Waals surface area (Å²) in [4.78, 5) is 28.6. The smallest absolute Gasteiger partial charge is 0.411 e. The summed E-state index contributed by atoms with van der Waals surface area (Å²) >= 11 is 0. The van der Waals surface area contributed by atoms with Gasteiger partial charge in [0.25, 0.3) is 0 Å². The van der Waals surface area contributed by atoms with Gasteiger partial charge in [-0.1, -0.05) is 60.7 Å². The molecule has 0 fully saturated rings. The van der Waals surface area contributed by atoms with Crippen molar-refractivity contribution in [2.45, 2.75) is 18.6 Å². The minimum Gasteiger partial charge on any atom is -0.493 e. The van der Waals surface area contributed by atoms with Crippen molar-refractivity contribution in [2.75, 3.05) is 27.9 Å². The van der Waals surface area contributed by atoms with Crippen LogP contribution in [0.5, 0.6) is 11.5 Å². The first kappa shape index (κ1) is 23.2. The molecule has 0 saturated carbocycles. The van der Waals surface area contributed by atoms with E-state index in [1.54, 1.807) is 25.3 Å². The van der Waals surface area contributed by atoms with E-state index in [0.29, 0.717) is 29.0 Å². The van der Waals surface area contributed by atoms with Gasteiger partial charge in [0.1, 0.15) is 6.61 Å². The van der Waals surface area contributed by atoms with Crippen LogP contribution in [0.25, 0.3) is 0 Å². The molecule has 3 aromatic carbocycles. The number of carbonyl (C=O) groups is 2. The normalized spacial score (nSPS) is 16.9. The zero-order valence-electron chi connectivity index (χ0n) is 19.4. The van der Waals surface area contributed by atoms with Crippen molar-refractivity contribution in [1.29, 1.82) is 0 Å². The van der Waals surface area contributed by atoms with E-state index in [0.717, 1.165) is 11.1 Å². The van der Waals surface area contributed by atoms with Gasteiger partial charge in [-0.15, -0.1) is 0 Å². The Morgan fingerprint density at radius 3 is 2.12 bits per heavy atom. The van der Waals surface area contributed by atoms with Crippen molar-refractivity contribution in [1.82, 2.24) is 4.90 Å². The lowest BCUT2D eigenvalue weighted by Crippen LogP contribution is -2.59. The van der Waals surface area contributed by atoms with Gasteiger partial charge in [-0.05, 0) is 35.2 Å². The summed E-state index contributed by atoms with van der Waals surface area (Å²) in [5.41, 5.74) is 1.33. The molecule has 0 saturated heterocycles. The van der Waals surface area contributed by atoms with E-state index >= 15 is 0 Å². The van der Waals surface area contributed by atoms with E-state index in [2.05, 4.69) is 0 Å². The average molecular weight is 462 g/mol. The number of esters is 1. The maximum absolute atomic E-state index is 13.7. The number of rotatable bonds is 6. The highest BCUT2D eigenvalue weighted by molar-refractivity contribution is 5.92. The topological polar surface area (TPSA) is 74.3 Å². The van der Waals surface area contributed by atoms with E-state index < -0.39 is 17.6 Å². The molecule has 1 amide bonds. The standard InChI is InChI=1S/C27H27NO6/c1-31-23-16-20-14-15-28(26(30)34-18-19-10-6-4-7-11-19)27(25(29)33-3,21-12-8-5-9-13-21)22(20)17-24(23)32-2/h4-13,16-17H,14-15,18H2,1-3H3. The predicted octanol–water partition coefficient (Wildman–Crippen LogP) is 4.32. The lowest BCUT2D eigenvalue weighted by atomic mass is 9.75. The fraction of sp³-hybridized carbons (Fsp3) is 0.259. The van der Waals surface area contributed by atoms with Gasteiger partial charge in [0, 0.05) is 12.1 Å². The highest BCUT2D eigenvalue weighted by Crippen LogP contribution is 2.46. The zero-order valence-corrected chi connectivity index (χ0v) is 19.4. The Hall–Kier alpha value is -4.00. The molecular weight excluding hydrogens is 434 g/mol. The predicted molar refractivity (Wildman–Crippen MR) is 126 cm³/mol. The van der Waals surface area contributed by atoms with Crippen LogP contribution < -0.4 is 9.47 Å². The number of carbonyl (C=O) groups excluding carboxylic acids is 2. The van der Waals surface area contributed by atoms with E-state index in [1.165, 1.54) is 19.1 Å². The lowest BCUT2D eigenvalue weighted by Gasteiger charge is -2.45. The van der Waals surface area contributed by atoms with Crippen LogP contribution in [0, 0.1) is 0 Å². The molecular formula is C27H27NO6. The second kappa shape index (κ2) is 9.87. The molecule has 0 aromatic heterocycles. The van der Waals surface area contributed by atoms with Crippen molar-refractivity contribution < 1.29 is 28.5 Å². The highest BCUT2D eigenvalue weighted by Gasteiger charge is 2.54. The summed E-state index contributed by atoms with van der Waals surface area (Å²) in [6.45, 7) is 0.334. The Morgan fingerprint density at radius 1 is 0.882 bits per heavy atom. The Morgan fingerprint density at radius 2 is 1.50 bits per heavy atom. The summed E-state index contributed by atoms with van der Waals surface area (Å²) < 4.78 is 22.0. The summed E-state index contributed by atoms with van der Waals surface area (Å²) in [7, 11) is 4.40. The number of ether oxygens (including phenoxy) is 4. The van der Waals surface area contributed by atoms with Crippen LogP contribution in [0.15, 0.2) is 72.8 Å². The second-order valence-corrected chi connectivity index (χ2v) is 7.87. The first-order chi connectivity index (χ1) is 16.6. The van der Waals surface area contributed by atoms with Gasteiger partial charge in [0.05, 0.1) is 21.3 Å². The van der Waals surface area contributed by atoms with Gasteiger partial charge in [-0.25, -0.2) is 9.59 Å². The number of benzene rings is 3. The molecule has 1 aliphatic heterocycles. The van der Waals surface area contributed by atoms with Crippen LogP contribution in [-0.4, -0.2) is 44.8 Å². The minimum absolute atomic E-state index is 0.0843. The van der Waals surface area contributed by atoms with Crippen molar-refractivity contribution in [3.8, 4) is 11.5 Å². The maximum Gasteiger partial charge on any atom is 0.411 e. The Bertz CT molecular complexity index is 1160. The number of hydrogen-bond acceptors (Lipinski definition) is 6. The van der Waals surface area contributed by atoms with Crippen molar-refractivity contribution in [3.63, 3.8) is 0 Å². The fourth-order valence-electron chi connectivity index (χ4n) is 4.51. The number of fused-ring (bicyclic) bond motifs is 1. The van der Waals surface area contributed by atoms with Crippen molar-refractivity contribution in [2.24, 2.45) is 0 Å². The second-order valence-electron chi connectivity index (χ2n) is 7.87. The minimum atomic E-state index is -1.56. The molecule has 7 nitrogen and oxygen atoms in total. The van der Waals surface area contributed by atoms with Gasteiger partial charge in [-0.3, -0.25) is 4.90 Å². The van der Waals surface area contributed by atoms with E-state index in [9.17, 15) is 9.59 Å². The molecule has 0 bridgehead atoms. The average Bonchev–Trinajstić information content (AvgIpc) is 2.90. The van der Waals surface area contributed by atoms with E-state index in [-0.39, 0.29) is 13.2 Å². The Labute approximate surface area is 198 Å². The van der Waals surface area contributed by atoms with Gasteiger partial charge < -0.3 is 18.9 Å². The molecule has 1 atom stereocenters. The lowest BCUT2D eigenvalue weighted by molar-refractivity contribution is -0.153. The van der Waals surface area contributed by atoms with Crippen LogP contribution in [0.2, 0.25) is 0 Å². The van der Waals surface area contributed by atoms with Gasteiger partial charge >= 0.3 is 12.1 Å². The summed E-state index contributed by atoms with van der Waals surface area (Å²) in [5.74, 6) is 0.404. The Balaban J connectivity index is 1.88. The van der Waals surface area contributed by atoms with Crippen LogP contribution >= 0.6 is 0 Å². The molecule has 1 aliphatic rings. The SMILES string of the molecule is COC(=O)C1(c2ccccc2)c2cc(OC)c(OC)cc2CCN1C(=O)OCc1ccccc1. The van der Waals surface area contributed by atoms with Crippen molar-refractivity contribution in [3.05, 3.63) is 95.1 Å². The largest absolute Gasteiger partial charge is 0.493 e. The van der Waals surface area contributed by atoms with Gasteiger partial charge in [0.2, 0.25) is 0 Å². The monoisotopic (exact) mass is 461 g/mol. The Kier molecular flexibility index (Phi) is 6.72. The molecule has 0 N–H and O–H groups in total. The molecule has 34 heavy (non-hydrogen) atoms. The third-order valence-electron chi connectivity index (χ3n) is 6.11. The van der Waals surface area contributed by atoms with Crippen LogP contribution in [0.1, 0.15) is 22.3 Å². The molecule has 176 valence electrons. The van der Waals surface area contributed by atoms with E-state index in [4.69, 9.17) is 18.9 Å². The molecule has 7 heteroatoms. The number of nitrogens with zero attached hydrogens (tertiary/aromatic N) is 1. The molecule has 0 spiro atoms. The molecule has 1 heterocycles. The molecule has 4 rings (SSSR count). The first-order valence-electron chi connectivity index (χ1n) is 10.9. The summed E-state index contributed by atoms with van der Waals surface area (Å²) in [5, 5.41) is 0. The third kappa shape index (κ3) is 3.94. The van der Waals surface area contributed by atoms with E-state index in [1.807, 2.05) is 54.6 Å². The number of hydrogen-bond donors (Lipinski definition) is 0. The molecule has 1 unspecified atom stereocenters. The maximum atomic E-state index is 13.7. The summed E-state index contributed by atoms with van der Waals surface area (Å²) in [6.07, 6.45) is -0.111. The summed E-state index contributed by atoms with van der Waals surface area (Å²) in [6, 6.07) is 22.1. The van der Waals surface area contributed by atoms with Gasteiger partial charge in [-0.2, -0.15) is 0 Å². The molecule has 3 aromatic rings. The van der Waals surface area contributed by atoms with Crippen LogP contribution in [0.4, 0.5) is 4.79 Å². The molecule has 0 radical (unpaired) electrons. The third-order valence-corrected chi connectivity index (χ3v) is 6.11. The number of methoxy groups -OCH3 is 3. The zero-order chi connectivity index (χ0) is 24.1. The first-order valence-corrected chi connectivity index (χ1v) is 10.9. The van der Waals surface area contributed by atoms with Crippen LogP contribution in [-0.2, 0) is 32.8 Å². The molecule has 0 aliphatic carbocycles. The van der Waals surface area contributed by atoms with Gasteiger partial charge in [0.15, 0.2) is 17.0 Å². The quantitative estimate of drug-likeness (QED) is 0.509.